The molecule has 84 valence electrons. The largest absolute Gasteiger partial charge is 0.286 e. The highest BCUT2D eigenvalue weighted by Gasteiger charge is 2.07. The predicted molar refractivity (Wildman–Crippen MR) is 71.3 cm³/mol. The third-order valence-electron chi connectivity index (χ3n) is 2.59. The Hall–Kier alpha value is -1.39. The monoisotopic (exact) mass is 307 g/mol. The summed E-state index contributed by atoms with van der Waals surface area (Å²) in [6, 6.07) is 9.19. The maximum Gasteiger partial charge on any atom is 0.141 e. The van der Waals surface area contributed by atoms with Gasteiger partial charge in [0.2, 0.25) is 0 Å². The van der Waals surface area contributed by atoms with Crippen LogP contribution in [0, 0.1) is 5.41 Å². The van der Waals surface area contributed by atoms with Crippen LogP contribution in [-0.4, -0.2) is 9.38 Å². The summed E-state index contributed by atoms with van der Waals surface area (Å²) in [5, 5.41) is 9.56. The first-order valence-corrected chi connectivity index (χ1v) is 6.14. The molecule has 0 bridgehead atoms. The molecule has 0 aliphatic carbocycles. The summed E-state index contributed by atoms with van der Waals surface area (Å²) in [5.74, 6) is 0. The van der Waals surface area contributed by atoms with Gasteiger partial charge in [-0.3, -0.25) is 9.81 Å². The molecule has 3 nitrogen and oxygen atoms in total. The number of hydrogen-bond acceptors (Lipinski definition) is 2. The van der Waals surface area contributed by atoms with Crippen molar-refractivity contribution >= 4 is 44.1 Å². The summed E-state index contributed by atoms with van der Waals surface area (Å²) in [5.41, 5.74) is 1.86. The van der Waals surface area contributed by atoms with Gasteiger partial charge in [0.15, 0.2) is 0 Å². The number of nitrogens with zero attached hydrogens (tertiary/aromatic N) is 2. The average molecular weight is 309 g/mol. The van der Waals surface area contributed by atoms with Gasteiger partial charge in [-0.15, -0.1) is 0 Å². The fourth-order valence-corrected chi connectivity index (χ4v) is 2.82. The van der Waals surface area contributed by atoms with E-state index in [0.29, 0.717) is 10.5 Å². The number of fused-ring (bicyclic) bond motifs is 2. The minimum absolute atomic E-state index is 0.397. The number of nitrogens with one attached hydrogen (secondary N) is 1. The zero-order valence-corrected chi connectivity index (χ0v) is 11.0. The summed E-state index contributed by atoms with van der Waals surface area (Å²) in [6.07, 6.45) is 1.82. The lowest BCUT2D eigenvalue weighted by Gasteiger charge is -2.06. The molecule has 0 amide bonds. The Morgan fingerprint density at radius 3 is 2.94 bits per heavy atom. The van der Waals surface area contributed by atoms with E-state index in [1.807, 2.05) is 24.4 Å². The number of benzene rings is 1. The molecule has 0 fully saturated rings. The first-order valence-electron chi connectivity index (χ1n) is 4.97. The van der Waals surface area contributed by atoms with Gasteiger partial charge in [-0.25, -0.2) is 4.98 Å². The van der Waals surface area contributed by atoms with Crippen LogP contribution in [0.4, 0.5) is 0 Å². The average Bonchev–Trinajstić information content (AvgIpc) is 2.28. The second kappa shape index (κ2) is 3.82. The molecular formula is C12H7BrClN3. The Balaban J connectivity index is 2.64. The van der Waals surface area contributed by atoms with Crippen LogP contribution in [0.25, 0.3) is 16.6 Å². The molecule has 3 aromatic rings. The molecule has 0 radical (unpaired) electrons. The molecule has 3 rings (SSSR count). The topological polar surface area (TPSA) is 41.2 Å². The number of halogens is 2. The molecule has 0 unspecified atom stereocenters. The first kappa shape index (κ1) is 10.7. The fourth-order valence-electron chi connectivity index (χ4n) is 1.84. The summed E-state index contributed by atoms with van der Waals surface area (Å²) >= 11 is 9.42. The van der Waals surface area contributed by atoms with Crippen molar-refractivity contribution in [1.82, 2.24) is 9.38 Å². The van der Waals surface area contributed by atoms with Crippen LogP contribution in [0.15, 0.2) is 41.0 Å². The van der Waals surface area contributed by atoms with Gasteiger partial charge in [-0.1, -0.05) is 17.7 Å². The van der Waals surface area contributed by atoms with Crippen molar-refractivity contribution in [3.05, 3.63) is 51.5 Å². The Labute approximate surface area is 110 Å². The second-order valence-corrected chi connectivity index (χ2v) is 4.96. The third-order valence-corrected chi connectivity index (χ3v) is 3.43. The van der Waals surface area contributed by atoms with E-state index >= 15 is 0 Å². The van der Waals surface area contributed by atoms with E-state index < -0.39 is 0 Å². The number of hydrogen-bond donors (Lipinski definition) is 1. The van der Waals surface area contributed by atoms with E-state index in [-0.39, 0.29) is 0 Å². The van der Waals surface area contributed by atoms with Crippen molar-refractivity contribution in [3.63, 3.8) is 0 Å². The standard InChI is InChI=1S/C12H7BrClN3/c13-8-5-7(14)6-9-11(8)12(15)17-4-2-1-3-10(17)16-9/h1-6,15H. The van der Waals surface area contributed by atoms with Crippen LogP contribution in [0.2, 0.25) is 5.02 Å². The zero-order chi connectivity index (χ0) is 12.0. The highest BCUT2D eigenvalue weighted by Crippen LogP contribution is 2.24. The molecule has 1 aromatic carbocycles. The van der Waals surface area contributed by atoms with Crippen LogP contribution < -0.4 is 5.49 Å². The molecular weight excluding hydrogens is 302 g/mol. The van der Waals surface area contributed by atoms with E-state index in [9.17, 15) is 0 Å². The van der Waals surface area contributed by atoms with E-state index in [1.54, 1.807) is 16.5 Å². The fraction of sp³-hybridized carbons (Fsp3) is 0. The lowest BCUT2D eigenvalue weighted by atomic mass is 10.2. The van der Waals surface area contributed by atoms with Crippen molar-refractivity contribution in [2.75, 3.05) is 0 Å². The lowest BCUT2D eigenvalue weighted by molar-refractivity contribution is 1.00. The predicted octanol–water partition coefficient (Wildman–Crippen LogP) is 3.38. The minimum atomic E-state index is 0.397. The summed E-state index contributed by atoms with van der Waals surface area (Å²) in [7, 11) is 0. The van der Waals surface area contributed by atoms with Gasteiger partial charge >= 0.3 is 0 Å². The van der Waals surface area contributed by atoms with Gasteiger partial charge in [-0.2, -0.15) is 0 Å². The van der Waals surface area contributed by atoms with Crippen molar-refractivity contribution in [2.24, 2.45) is 0 Å². The van der Waals surface area contributed by atoms with Crippen LogP contribution in [0.1, 0.15) is 0 Å². The smallest absolute Gasteiger partial charge is 0.141 e. The van der Waals surface area contributed by atoms with Gasteiger partial charge in [0, 0.05) is 15.7 Å². The number of rotatable bonds is 0. The molecule has 1 N–H and O–H groups in total. The van der Waals surface area contributed by atoms with E-state index in [0.717, 1.165) is 21.0 Å². The third kappa shape index (κ3) is 1.64. The highest BCUT2D eigenvalue weighted by molar-refractivity contribution is 9.10. The van der Waals surface area contributed by atoms with Gasteiger partial charge < -0.3 is 0 Å². The molecule has 0 saturated heterocycles. The van der Waals surface area contributed by atoms with Crippen molar-refractivity contribution in [1.29, 1.82) is 5.41 Å². The van der Waals surface area contributed by atoms with Gasteiger partial charge in [0.25, 0.3) is 0 Å². The molecule has 0 saturated carbocycles. The molecule has 0 atom stereocenters. The Morgan fingerprint density at radius 2 is 2.12 bits per heavy atom. The quantitative estimate of drug-likeness (QED) is 0.636. The Bertz CT molecular complexity index is 795. The van der Waals surface area contributed by atoms with Crippen LogP contribution in [0.3, 0.4) is 0 Å². The van der Waals surface area contributed by atoms with E-state index in [1.165, 1.54) is 0 Å². The highest BCUT2D eigenvalue weighted by atomic mass is 79.9. The first-order chi connectivity index (χ1) is 8.16. The summed E-state index contributed by atoms with van der Waals surface area (Å²) in [6.45, 7) is 0. The number of pyridine rings is 1. The lowest BCUT2D eigenvalue weighted by Crippen LogP contribution is -2.15. The van der Waals surface area contributed by atoms with E-state index in [4.69, 9.17) is 17.0 Å². The molecule has 0 aliphatic rings. The van der Waals surface area contributed by atoms with Gasteiger partial charge in [0.1, 0.15) is 11.1 Å². The van der Waals surface area contributed by atoms with Crippen LogP contribution >= 0.6 is 27.5 Å². The normalized spacial score (nSPS) is 11.2. The van der Waals surface area contributed by atoms with Crippen LogP contribution in [-0.2, 0) is 0 Å². The minimum Gasteiger partial charge on any atom is -0.286 e. The number of aromatic nitrogens is 2. The molecule has 2 heterocycles. The van der Waals surface area contributed by atoms with Crippen molar-refractivity contribution in [2.45, 2.75) is 0 Å². The summed E-state index contributed by atoms with van der Waals surface area (Å²) < 4.78 is 2.52. The van der Waals surface area contributed by atoms with Gasteiger partial charge in [-0.05, 0) is 40.2 Å². The molecule has 0 spiro atoms. The molecule has 2 aromatic heterocycles. The van der Waals surface area contributed by atoms with Crippen molar-refractivity contribution in [3.8, 4) is 0 Å². The SMILES string of the molecule is N=c1c2c(Br)cc(Cl)cc2nc2ccccn12. The van der Waals surface area contributed by atoms with Crippen LogP contribution in [0.5, 0.6) is 0 Å². The maximum absolute atomic E-state index is 8.19. The maximum atomic E-state index is 8.19. The molecule has 17 heavy (non-hydrogen) atoms. The summed E-state index contributed by atoms with van der Waals surface area (Å²) in [4.78, 5) is 4.49. The Morgan fingerprint density at radius 1 is 1.29 bits per heavy atom. The van der Waals surface area contributed by atoms with E-state index in [2.05, 4.69) is 20.9 Å². The second-order valence-electron chi connectivity index (χ2n) is 3.67. The molecule has 0 aliphatic heterocycles. The van der Waals surface area contributed by atoms with Crippen molar-refractivity contribution < 1.29 is 0 Å². The Kier molecular flexibility index (Phi) is 2.42. The molecule has 5 heteroatoms. The zero-order valence-electron chi connectivity index (χ0n) is 8.61. The van der Waals surface area contributed by atoms with Gasteiger partial charge in [0.05, 0.1) is 10.9 Å².